The molecule has 0 aliphatic carbocycles. The summed E-state index contributed by atoms with van der Waals surface area (Å²) in [4.78, 5) is 33.2. The maximum atomic E-state index is 11.5. The third-order valence-electron chi connectivity index (χ3n) is 3.63. The zero-order valence-electron chi connectivity index (χ0n) is 15.0. The smallest absolute Gasteiger partial charge is 0.305 e. The van der Waals surface area contributed by atoms with Crippen molar-refractivity contribution in [2.75, 3.05) is 19.8 Å². The summed E-state index contributed by atoms with van der Waals surface area (Å²) in [6.45, 7) is 0.867. The molecule has 25 heavy (non-hydrogen) atoms. The van der Waals surface area contributed by atoms with Gasteiger partial charge in [0, 0.05) is 25.9 Å². The summed E-state index contributed by atoms with van der Waals surface area (Å²) in [6, 6.07) is 0. The van der Waals surface area contributed by atoms with E-state index in [9.17, 15) is 14.4 Å². The predicted molar refractivity (Wildman–Crippen MR) is 92.0 cm³/mol. The number of carboxylic acid groups (broad SMARTS) is 1. The van der Waals surface area contributed by atoms with Crippen LogP contribution in [0.25, 0.3) is 0 Å². The lowest BCUT2D eigenvalue weighted by atomic mass is 10.2. The lowest BCUT2D eigenvalue weighted by Crippen LogP contribution is -2.07. The van der Waals surface area contributed by atoms with E-state index in [2.05, 4.69) is 0 Å². The van der Waals surface area contributed by atoms with Gasteiger partial charge in [0.15, 0.2) is 0 Å². The Balaban J connectivity index is 3.31. The highest BCUT2D eigenvalue weighted by molar-refractivity contribution is 5.69. The fourth-order valence-electron chi connectivity index (χ4n) is 2.18. The van der Waals surface area contributed by atoms with Gasteiger partial charge in [-0.2, -0.15) is 0 Å². The Morgan fingerprint density at radius 1 is 0.600 bits per heavy atom. The van der Waals surface area contributed by atoms with Crippen LogP contribution >= 0.6 is 0 Å². The van der Waals surface area contributed by atoms with Crippen molar-refractivity contribution in [2.24, 2.45) is 0 Å². The third-order valence-corrected chi connectivity index (χ3v) is 3.63. The van der Waals surface area contributed by atoms with E-state index >= 15 is 0 Å². The first-order chi connectivity index (χ1) is 12.1. The molecular weight excluding hydrogens is 328 g/mol. The molecule has 0 aliphatic heterocycles. The quantitative estimate of drug-likeness (QED) is 0.303. The van der Waals surface area contributed by atoms with Crippen LogP contribution in [0, 0.1) is 0 Å². The average Bonchev–Trinajstić information content (AvgIpc) is 2.57. The van der Waals surface area contributed by atoms with Crippen LogP contribution in [0.3, 0.4) is 0 Å². The van der Waals surface area contributed by atoms with E-state index < -0.39 is 5.97 Å². The second kappa shape index (κ2) is 17.2. The van der Waals surface area contributed by atoms with Gasteiger partial charge in [0.25, 0.3) is 0 Å². The van der Waals surface area contributed by atoms with Crippen LogP contribution in [0.1, 0.15) is 77.0 Å². The van der Waals surface area contributed by atoms with Gasteiger partial charge < -0.3 is 19.7 Å². The molecule has 7 heteroatoms. The van der Waals surface area contributed by atoms with Gasteiger partial charge in [-0.15, -0.1) is 0 Å². The molecule has 0 rings (SSSR count). The number of carbonyl (C=O) groups excluding carboxylic acids is 2. The maximum absolute atomic E-state index is 11.5. The first-order valence-electron chi connectivity index (χ1n) is 9.20. The van der Waals surface area contributed by atoms with E-state index in [1.807, 2.05) is 0 Å². The van der Waals surface area contributed by atoms with Crippen LogP contribution < -0.4 is 0 Å². The topological polar surface area (TPSA) is 110 Å². The minimum Gasteiger partial charge on any atom is -0.481 e. The number of hydrogen-bond donors (Lipinski definition) is 2. The van der Waals surface area contributed by atoms with Gasteiger partial charge in [0.2, 0.25) is 0 Å². The molecule has 0 spiro atoms. The molecule has 0 saturated carbocycles. The number of aliphatic carboxylic acids is 1. The van der Waals surface area contributed by atoms with Gasteiger partial charge in [-0.3, -0.25) is 14.4 Å². The van der Waals surface area contributed by atoms with Crippen LogP contribution in [0.4, 0.5) is 0 Å². The number of rotatable bonds is 17. The molecule has 0 aromatic heterocycles. The Hall–Kier alpha value is -1.63. The molecule has 0 unspecified atom stereocenters. The number of unbranched alkanes of at least 4 members (excludes halogenated alkanes) is 6. The fraction of sp³-hybridized carbons (Fsp3) is 0.833. The minimum atomic E-state index is -0.802. The first-order valence-corrected chi connectivity index (χ1v) is 9.20. The van der Waals surface area contributed by atoms with Gasteiger partial charge in [0.1, 0.15) is 0 Å². The maximum Gasteiger partial charge on any atom is 0.305 e. The summed E-state index contributed by atoms with van der Waals surface area (Å²) in [5, 5.41) is 17.1. The van der Waals surface area contributed by atoms with Gasteiger partial charge in [-0.1, -0.05) is 6.42 Å². The van der Waals surface area contributed by atoms with Crippen molar-refractivity contribution in [3.05, 3.63) is 0 Å². The Morgan fingerprint density at radius 3 is 1.48 bits per heavy atom. The van der Waals surface area contributed by atoms with E-state index in [4.69, 9.17) is 19.7 Å². The number of aliphatic hydroxyl groups is 1. The molecule has 0 amide bonds. The molecule has 7 nitrogen and oxygen atoms in total. The zero-order chi connectivity index (χ0) is 18.8. The summed E-state index contributed by atoms with van der Waals surface area (Å²) < 4.78 is 10.2. The number of ether oxygens (including phenoxy) is 2. The molecule has 0 aromatic rings. The number of hydrogen-bond acceptors (Lipinski definition) is 6. The lowest BCUT2D eigenvalue weighted by molar-refractivity contribution is -0.145. The Morgan fingerprint density at radius 2 is 1.04 bits per heavy atom. The van der Waals surface area contributed by atoms with Crippen LogP contribution in [0.15, 0.2) is 0 Å². The number of aliphatic hydroxyl groups excluding tert-OH is 1. The molecule has 0 heterocycles. The standard InChI is InChI=1S/C18H32O7/c19-13-7-1-5-11-17(22)25-15-9-3-6-12-18(23)24-14-8-2-4-10-16(20)21/h19H,1-15H2,(H,20,21). The summed E-state index contributed by atoms with van der Waals surface area (Å²) in [5.74, 6) is -1.25. The van der Waals surface area contributed by atoms with Gasteiger partial charge >= 0.3 is 17.9 Å². The molecule has 0 atom stereocenters. The van der Waals surface area contributed by atoms with E-state index in [1.165, 1.54) is 0 Å². The largest absolute Gasteiger partial charge is 0.481 e. The SMILES string of the molecule is O=C(O)CCCCCOC(=O)CCCCCOC(=O)CCCCCO. The Bertz CT molecular complexity index is 368. The van der Waals surface area contributed by atoms with E-state index in [0.29, 0.717) is 51.7 Å². The van der Waals surface area contributed by atoms with Crippen molar-refractivity contribution >= 4 is 17.9 Å². The van der Waals surface area contributed by atoms with Crippen LogP contribution in [0.5, 0.6) is 0 Å². The summed E-state index contributed by atoms with van der Waals surface area (Å²) >= 11 is 0. The first kappa shape index (κ1) is 23.4. The van der Waals surface area contributed by atoms with Crippen LogP contribution in [-0.4, -0.2) is 47.9 Å². The van der Waals surface area contributed by atoms with Gasteiger partial charge in [-0.05, 0) is 51.4 Å². The molecule has 0 aromatic carbocycles. The molecule has 0 fully saturated rings. The van der Waals surface area contributed by atoms with Crippen LogP contribution in [0.2, 0.25) is 0 Å². The van der Waals surface area contributed by atoms with Gasteiger partial charge in [-0.25, -0.2) is 0 Å². The highest BCUT2D eigenvalue weighted by Crippen LogP contribution is 2.05. The molecular formula is C18H32O7. The lowest BCUT2D eigenvalue weighted by Gasteiger charge is -2.06. The van der Waals surface area contributed by atoms with Crippen molar-refractivity contribution in [3.8, 4) is 0 Å². The fourth-order valence-corrected chi connectivity index (χ4v) is 2.18. The number of carbonyl (C=O) groups is 3. The minimum absolute atomic E-state index is 0.154. The Kier molecular flexibility index (Phi) is 16.1. The second-order valence-electron chi connectivity index (χ2n) is 5.99. The zero-order valence-corrected chi connectivity index (χ0v) is 15.0. The van der Waals surface area contributed by atoms with Gasteiger partial charge in [0.05, 0.1) is 13.2 Å². The third kappa shape index (κ3) is 18.5. The van der Waals surface area contributed by atoms with Crippen molar-refractivity contribution in [2.45, 2.75) is 77.0 Å². The van der Waals surface area contributed by atoms with Crippen molar-refractivity contribution < 1.29 is 34.1 Å². The van der Waals surface area contributed by atoms with Crippen molar-refractivity contribution in [1.29, 1.82) is 0 Å². The van der Waals surface area contributed by atoms with Crippen LogP contribution in [-0.2, 0) is 23.9 Å². The van der Waals surface area contributed by atoms with Crippen molar-refractivity contribution in [1.82, 2.24) is 0 Å². The second-order valence-corrected chi connectivity index (χ2v) is 5.99. The predicted octanol–water partition coefficient (Wildman–Crippen LogP) is 2.83. The highest BCUT2D eigenvalue weighted by Gasteiger charge is 2.05. The number of esters is 2. The van der Waals surface area contributed by atoms with E-state index in [-0.39, 0.29) is 25.0 Å². The molecule has 0 bridgehead atoms. The summed E-state index contributed by atoms with van der Waals surface area (Å²) in [6.07, 6.45) is 7.43. The van der Waals surface area contributed by atoms with E-state index in [0.717, 1.165) is 32.1 Å². The summed E-state index contributed by atoms with van der Waals surface area (Å²) in [7, 11) is 0. The van der Waals surface area contributed by atoms with E-state index in [1.54, 1.807) is 0 Å². The molecule has 0 radical (unpaired) electrons. The normalized spacial score (nSPS) is 10.4. The van der Waals surface area contributed by atoms with Crippen molar-refractivity contribution in [3.63, 3.8) is 0 Å². The Labute approximate surface area is 149 Å². The molecule has 146 valence electrons. The highest BCUT2D eigenvalue weighted by atomic mass is 16.5. The molecule has 0 aliphatic rings. The average molecular weight is 360 g/mol. The molecule has 0 saturated heterocycles. The molecule has 2 N–H and O–H groups in total. The summed E-state index contributed by atoms with van der Waals surface area (Å²) in [5.41, 5.74) is 0. The monoisotopic (exact) mass is 360 g/mol. The number of carboxylic acids is 1.